The third kappa shape index (κ3) is 3.88. The number of benzene rings is 3. The van der Waals surface area contributed by atoms with Crippen molar-refractivity contribution in [2.75, 3.05) is 36.0 Å². The molecule has 0 N–H and O–H groups in total. The first-order chi connectivity index (χ1) is 16.0. The molecule has 5 rings (SSSR count). The zero-order valence-electron chi connectivity index (χ0n) is 19.2. The number of aryl methyl sites for hydroxylation is 1. The Bertz CT molecular complexity index is 1180. The van der Waals surface area contributed by atoms with Crippen LogP contribution in [0.4, 0.5) is 11.4 Å². The minimum atomic E-state index is -0.498. The van der Waals surface area contributed by atoms with Gasteiger partial charge in [-0.1, -0.05) is 48.5 Å². The Balaban J connectivity index is 1.36. The molecule has 3 aromatic carbocycles. The number of fused-ring (bicyclic) bond motifs is 1. The predicted molar refractivity (Wildman–Crippen MR) is 132 cm³/mol. The van der Waals surface area contributed by atoms with Crippen molar-refractivity contribution in [1.29, 1.82) is 0 Å². The summed E-state index contributed by atoms with van der Waals surface area (Å²) < 4.78 is 0. The van der Waals surface area contributed by atoms with Crippen LogP contribution < -0.4 is 9.80 Å². The summed E-state index contributed by atoms with van der Waals surface area (Å²) in [6.45, 7) is 7.20. The molecule has 0 saturated carbocycles. The number of nitrogens with zero attached hydrogens (tertiary/aromatic N) is 3. The van der Waals surface area contributed by atoms with Crippen molar-refractivity contribution in [3.63, 3.8) is 0 Å². The largest absolute Gasteiger partial charge is 0.368 e. The van der Waals surface area contributed by atoms with Crippen LogP contribution in [0.25, 0.3) is 0 Å². The topological polar surface area (TPSA) is 43.9 Å². The first-order valence-electron chi connectivity index (χ1n) is 11.6. The Morgan fingerprint density at radius 2 is 1.42 bits per heavy atom. The van der Waals surface area contributed by atoms with Crippen molar-refractivity contribution in [2.24, 2.45) is 0 Å². The van der Waals surface area contributed by atoms with Crippen LogP contribution in [0.5, 0.6) is 0 Å². The van der Waals surface area contributed by atoms with E-state index in [2.05, 4.69) is 36.9 Å². The number of carbonyl (C=O) groups excluding carboxylic acids is 2. The number of hydrogen-bond donors (Lipinski definition) is 0. The van der Waals surface area contributed by atoms with Crippen molar-refractivity contribution in [1.82, 2.24) is 4.90 Å². The summed E-state index contributed by atoms with van der Waals surface area (Å²) in [5, 5.41) is 0. The molecule has 5 nitrogen and oxygen atoms in total. The van der Waals surface area contributed by atoms with Crippen LogP contribution in [0.1, 0.15) is 27.0 Å². The van der Waals surface area contributed by atoms with Crippen LogP contribution in [-0.2, 0) is 11.2 Å². The number of hydrogen-bond acceptors (Lipinski definition) is 3. The minimum Gasteiger partial charge on any atom is -0.368 e. The Hall–Kier alpha value is -3.60. The number of amides is 2. The maximum absolute atomic E-state index is 13.7. The lowest BCUT2D eigenvalue weighted by Gasteiger charge is -2.39. The van der Waals surface area contributed by atoms with Gasteiger partial charge in [0.25, 0.3) is 5.91 Å². The summed E-state index contributed by atoms with van der Waals surface area (Å²) in [6, 6.07) is 23.0. The van der Waals surface area contributed by atoms with Crippen molar-refractivity contribution >= 4 is 23.2 Å². The van der Waals surface area contributed by atoms with E-state index < -0.39 is 6.04 Å². The highest BCUT2D eigenvalue weighted by molar-refractivity contribution is 6.11. The Kier molecular flexibility index (Phi) is 5.63. The SMILES string of the molecule is Cc1cccc(N2CCN(C(=O)C3Cc4ccccc4N3C(=O)c3ccccc3)CC2)c1C. The van der Waals surface area contributed by atoms with Gasteiger partial charge in [0.05, 0.1) is 0 Å². The molecule has 2 aliphatic rings. The van der Waals surface area contributed by atoms with Gasteiger partial charge >= 0.3 is 0 Å². The maximum atomic E-state index is 13.7. The van der Waals surface area contributed by atoms with Gasteiger partial charge in [-0.05, 0) is 54.8 Å². The fourth-order valence-electron chi connectivity index (χ4n) is 5.01. The molecule has 1 saturated heterocycles. The molecule has 0 aliphatic carbocycles. The Morgan fingerprint density at radius 3 is 2.18 bits per heavy atom. The Labute approximate surface area is 195 Å². The molecule has 1 atom stereocenters. The van der Waals surface area contributed by atoms with Crippen LogP contribution in [0, 0.1) is 13.8 Å². The fourth-order valence-corrected chi connectivity index (χ4v) is 5.01. The first kappa shape index (κ1) is 21.3. The second-order valence-corrected chi connectivity index (χ2v) is 8.92. The molecule has 1 fully saturated rings. The highest BCUT2D eigenvalue weighted by atomic mass is 16.2. The van der Waals surface area contributed by atoms with Crippen LogP contribution in [-0.4, -0.2) is 48.9 Å². The van der Waals surface area contributed by atoms with E-state index >= 15 is 0 Å². The predicted octanol–water partition coefficient (Wildman–Crippen LogP) is 4.22. The molecule has 0 bridgehead atoms. The first-order valence-corrected chi connectivity index (χ1v) is 11.6. The summed E-state index contributed by atoms with van der Waals surface area (Å²) in [5.74, 6) is -0.0796. The molecule has 33 heavy (non-hydrogen) atoms. The van der Waals surface area contributed by atoms with Gasteiger partial charge in [0.1, 0.15) is 6.04 Å². The van der Waals surface area contributed by atoms with Gasteiger partial charge in [-0.15, -0.1) is 0 Å². The average molecular weight is 440 g/mol. The summed E-state index contributed by atoms with van der Waals surface area (Å²) >= 11 is 0. The highest BCUT2D eigenvalue weighted by Crippen LogP contribution is 2.34. The minimum absolute atomic E-state index is 0.0381. The quantitative estimate of drug-likeness (QED) is 0.614. The molecule has 5 heteroatoms. The molecule has 1 unspecified atom stereocenters. The lowest BCUT2D eigenvalue weighted by molar-refractivity contribution is -0.132. The molecule has 2 heterocycles. The highest BCUT2D eigenvalue weighted by Gasteiger charge is 2.41. The smallest absolute Gasteiger partial charge is 0.259 e. The number of anilines is 2. The monoisotopic (exact) mass is 439 g/mol. The molecule has 3 aromatic rings. The third-order valence-corrected chi connectivity index (χ3v) is 7.01. The lowest BCUT2D eigenvalue weighted by atomic mass is 10.1. The van der Waals surface area contributed by atoms with Gasteiger partial charge in [0, 0.05) is 49.5 Å². The van der Waals surface area contributed by atoms with Gasteiger partial charge < -0.3 is 9.80 Å². The maximum Gasteiger partial charge on any atom is 0.259 e. The number of carbonyl (C=O) groups is 2. The van der Waals surface area contributed by atoms with E-state index in [9.17, 15) is 9.59 Å². The normalized spacial score (nSPS) is 17.8. The molecular weight excluding hydrogens is 410 g/mol. The zero-order valence-corrected chi connectivity index (χ0v) is 19.2. The molecule has 0 aromatic heterocycles. The van der Waals surface area contributed by atoms with Crippen LogP contribution >= 0.6 is 0 Å². The molecular formula is C28H29N3O2. The summed E-state index contributed by atoms with van der Waals surface area (Å²) in [4.78, 5) is 33.2. The van der Waals surface area contributed by atoms with Crippen molar-refractivity contribution in [2.45, 2.75) is 26.3 Å². The van der Waals surface area contributed by atoms with E-state index in [-0.39, 0.29) is 11.8 Å². The van der Waals surface area contributed by atoms with Crippen LogP contribution in [0.15, 0.2) is 72.8 Å². The molecule has 0 radical (unpaired) electrons. The van der Waals surface area contributed by atoms with E-state index in [1.54, 1.807) is 4.90 Å². The van der Waals surface area contributed by atoms with Gasteiger partial charge in [0.2, 0.25) is 5.91 Å². The molecule has 0 spiro atoms. The van der Waals surface area contributed by atoms with Crippen molar-refractivity contribution in [3.8, 4) is 0 Å². The molecule has 2 aliphatic heterocycles. The van der Waals surface area contributed by atoms with E-state index in [1.807, 2.05) is 59.5 Å². The van der Waals surface area contributed by atoms with Crippen LogP contribution in [0.3, 0.4) is 0 Å². The van der Waals surface area contributed by atoms with Crippen molar-refractivity contribution in [3.05, 3.63) is 95.1 Å². The van der Waals surface area contributed by atoms with Gasteiger partial charge in [-0.3, -0.25) is 14.5 Å². The Morgan fingerprint density at radius 1 is 0.758 bits per heavy atom. The van der Waals surface area contributed by atoms with E-state index in [0.717, 1.165) is 24.3 Å². The number of para-hydroxylation sites is 1. The second kappa shape index (κ2) is 8.74. The van der Waals surface area contributed by atoms with Crippen LogP contribution in [0.2, 0.25) is 0 Å². The fraction of sp³-hybridized carbons (Fsp3) is 0.286. The standard InChI is InChI=1S/C28H29N3O2/c1-20-9-8-14-24(21(20)2)29-15-17-30(18-16-29)28(33)26-19-23-12-6-7-13-25(23)31(26)27(32)22-10-4-3-5-11-22/h3-14,26H,15-19H2,1-2H3. The molecule has 168 valence electrons. The van der Waals surface area contributed by atoms with Gasteiger partial charge in [0.15, 0.2) is 0 Å². The van der Waals surface area contributed by atoms with E-state index in [1.165, 1.54) is 16.8 Å². The summed E-state index contributed by atoms with van der Waals surface area (Å²) in [5.41, 5.74) is 6.32. The number of piperazine rings is 1. The molecule has 2 amide bonds. The average Bonchev–Trinajstić information content (AvgIpc) is 3.25. The van der Waals surface area contributed by atoms with Crippen molar-refractivity contribution < 1.29 is 9.59 Å². The van der Waals surface area contributed by atoms with Gasteiger partial charge in [-0.2, -0.15) is 0 Å². The second-order valence-electron chi connectivity index (χ2n) is 8.92. The van der Waals surface area contributed by atoms with E-state index in [0.29, 0.717) is 25.1 Å². The zero-order chi connectivity index (χ0) is 22.9. The number of rotatable bonds is 3. The summed E-state index contributed by atoms with van der Waals surface area (Å²) in [7, 11) is 0. The van der Waals surface area contributed by atoms with Gasteiger partial charge in [-0.25, -0.2) is 0 Å². The summed E-state index contributed by atoms with van der Waals surface area (Å²) in [6.07, 6.45) is 0.560. The third-order valence-electron chi connectivity index (χ3n) is 7.01. The van der Waals surface area contributed by atoms with E-state index in [4.69, 9.17) is 0 Å². The lowest BCUT2D eigenvalue weighted by Crippen LogP contribution is -2.55.